The first-order valence-corrected chi connectivity index (χ1v) is 11.9. The number of oxime groups is 1. The summed E-state index contributed by atoms with van der Waals surface area (Å²) in [4.78, 5) is 19.8. The SMILES string of the molecule is Cc1c(C)c(C)c(CO/N=C(\C(=O)c2c(C)c(C)c(C)c(C)c2C)c2ccccc2)c(C)c1C. The van der Waals surface area contributed by atoms with E-state index in [-0.39, 0.29) is 5.78 Å². The molecule has 0 saturated heterocycles. The molecule has 0 aromatic heterocycles. The highest BCUT2D eigenvalue weighted by Crippen LogP contribution is 2.29. The molecule has 0 fully saturated rings. The Labute approximate surface area is 204 Å². The van der Waals surface area contributed by atoms with Crippen LogP contribution in [0.25, 0.3) is 0 Å². The second kappa shape index (κ2) is 9.97. The van der Waals surface area contributed by atoms with Crippen molar-refractivity contribution in [2.45, 2.75) is 75.8 Å². The molecule has 0 aliphatic carbocycles. The van der Waals surface area contributed by atoms with Crippen molar-refractivity contribution in [3.63, 3.8) is 0 Å². The Morgan fingerprint density at radius 1 is 0.618 bits per heavy atom. The van der Waals surface area contributed by atoms with Gasteiger partial charge in [-0.3, -0.25) is 4.79 Å². The predicted octanol–water partition coefficient (Wildman–Crippen LogP) is 7.57. The van der Waals surface area contributed by atoms with E-state index in [1.807, 2.05) is 44.2 Å². The zero-order chi connectivity index (χ0) is 25.3. The minimum absolute atomic E-state index is 0.0999. The molecule has 178 valence electrons. The number of benzene rings is 3. The van der Waals surface area contributed by atoms with E-state index in [9.17, 15) is 4.79 Å². The van der Waals surface area contributed by atoms with E-state index in [1.54, 1.807) is 0 Å². The normalized spacial score (nSPS) is 11.6. The number of Topliss-reactive ketones (excluding diaryl/α,β-unsaturated/α-hetero) is 1. The maximum Gasteiger partial charge on any atom is 0.215 e. The van der Waals surface area contributed by atoms with E-state index < -0.39 is 0 Å². The second-order valence-corrected chi connectivity index (χ2v) is 9.51. The van der Waals surface area contributed by atoms with Gasteiger partial charge < -0.3 is 4.84 Å². The fourth-order valence-electron chi connectivity index (χ4n) is 4.74. The number of hydrogen-bond acceptors (Lipinski definition) is 3. The van der Waals surface area contributed by atoms with Gasteiger partial charge in [0, 0.05) is 11.1 Å². The summed E-state index contributed by atoms with van der Waals surface area (Å²) in [7, 11) is 0. The van der Waals surface area contributed by atoms with Crippen LogP contribution in [0.4, 0.5) is 0 Å². The molecule has 0 unspecified atom stereocenters. The highest BCUT2D eigenvalue weighted by Gasteiger charge is 2.24. The molecule has 3 aromatic carbocycles. The maximum atomic E-state index is 13.9. The molecule has 0 saturated carbocycles. The third-order valence-electron chi connectivity index (χ3n) is 8.01. The van der Waals surface area contributed by atoms with Crippen molar-refractivity contribution in [2.75, 3.05) is 0 Å². The molecular weight excluding hydrogens is 418 g/mol. The second-order valence-electron chi connectivity index (χ2n) is 9.51. The van der Waals surface area contributed by atoms with Gasteiger partial charge >= 0.3 is 0 Å². The van der Waals surface area contributed by atoms with Crippen LogP contribution in [0, 0.1) is 69.2 Å². The first-order chi connectivity index (χ1) is 16.0. The summed E-state index contributed by atoms with van der Waals surface area (Å²) in [6.45, 7) is 21.4. The Kier molecular flexibility index (Phi) is 7.45. The van der Waals surface area contributed by atoms with E-state index >= 15 is 0 Å². The van der Waals surface area contributed by atoms with E-state index in [0.29, 0.717) is 12.3 Å². The Balaban J connectivity index is 2.08. The van der Waals surface area contributed by atoms with Crippen LogP contribution in [0.5, 0.6) is 0 Å². The first kappa shape index (κ1) is 25.4. The quantitative estimate of drug-likeness (QED) is 0.218. The van der Waals surface area contributed by atoms with Crippen molar-refractivity contribution < 1.29 is 9.63 Å². The molecule has 3 heteroatoms. The van der Waals surface area contributed by atoms with Crippen LogP contribution in [-0.4, -0.2) is 11.5 Å². The Hall–Kier alpha value is -3.20. The largest absolute Gasteiger partial charge is 0.390 e. The van der Waals surface area contributed by atoms with Crippen LogP contribution < -0.4 is 0 Å². The molecule has 0 heterocycles. The van der Waals surface area contributed by atoms with E-state index in [1.165, 1.54) is 33.4 Å². The van der Waals surface area contributed by atoms with Gasteiger partial charge in [-0.25, -0.2) is 0 Å². The Morgan fingerprint density at radius 3 is 1.50 bits per heavy atom. The van der Waals surface area contributed by atoms with Gasteiger partial charge in [-0.05, 0) is 130 Å². The fraction of sp³-hybridized carbons (Fsp3) is 0.355. The van der Waals surface area contributed by atoms with Gasteiger partial charge in [0.1, 0.15) is 6.61 Å². The summed E-state index contributed by atoms with van der Waals surface area (Å²) in [5, 5.41) is 4.46. The van der Waals surface area contributed by atoms with Crippen molar-refractivity contribution in [1.82, 2.24) is 0 Å². The lowest BCUT2D eigenvalue weighted by Gasteiger charge is -2.19. The van der Waals surface area contributed by atoms with Crippen molar-refractivity contribution in [3.8, 4) is 0 Å². The molecule has 0 spiro atoms. The molecule has 0 aliphatic heterocycles. The van der Waals surface area contributed by atoms with Gasteiger partial charge in [0.25, 0.3) is 0 Å². The molecule has 3 rings (SSSR count). The third kappa shape index (κ3) is 4.44. The monoisotopic (exact) mass is 455 g/mol. The number of hydrogen-bond donors (Lipinski definition) is 0. The summed E-state index contributed by atoms with van der Waals surface area (Å²) in [5.41, 5.74) is 14.8. The number of ketones is 1. The minimum Gasteiger partial charge on any atom is -0.390 e. The van der Waals surface area contributed by atoms with Crippen LogP contribution in [0.2, 0.25) is 0 Å². The zero-order valence-electron chi connectivity index (χ0n) is 22.4. The van der Waals surface area contributed by atoms with E-state index in [4.69, 9.17) is 4.84 Å². The summed E-state index contributed by atoms with van der Waals surface area (Å²) in [6, 6.07) is 9.60. The van der Waals surface area contributed by atoms with Crippen molar-refractivity contribution in [1.29, 1.82) is 0 Å². The van der Waals surface area contributed by atoms with E-state index in [2.05, 4.69) is 60.5 Å². The third-order valence-corrected chi connectivity index (χ3v) is 8.01. The lowest BCUT2D eigenvalue weighted by Crippen LogP contribution is -2.20. The Morgan fingerprint density at radius 2 is 1.03 bits per heavy atom. The van der Waals surface area contributed by atoms with Crippen molar-refractivity contribution in [2.24, 2.45) is 5.16 Å². The summed E-state index contributed by atoms with van der Waals surface area (Å²) < 4.78 is 0. The smallest absolute Gasteiger partial charge is 0.215 e. The topological polar surface area (TPSA) is 38.7 Å². The number of nitrogens with zero attached hydrogens (tertiary/aromatic N) is 1. The summed E-state index contributed by atoms with van der Waals surface area (Å²) in [5.74, 6) is -0.0999. The lowest BCUT2D eigenvalue weighted by atomic mass is 9.86. The Bertz CT molecular complexity index is 1240. The fourth-order valence-corrected chi connectivity index (χ4v) is 4.74. The van der Waals surface area contributed by atoms with Crippen LogP contribution >= 0.6 is 0 Å². The molecule has 3 nitrogen and oxygen atoms in total. The molecule has 3 aromatic rings. The molecule has 0 aliphatic rings. The lowest BCUT2D eigenvalue weighted by molar-refractivity contribution is 0.103. The van der Waals surface area contributed by atoms with Crippen LogP contribution in [-0.2, 0) is 11.4 Å². The molecule has 0 amide bonds. The van der Waals surface area contributed by atoms with Gasteiger partial charge in [0.15, 0.2) is 5.71 Å². The van der Waals surface area contributed by atoms with Gasteiger partial charge in [0.2, 0.25) is 5.78 Å². The average molecular weight is 456 g/mol. The molecule has 0 bridgehead atoms. The molecular formula is C31H37NO2. The van der Waals surface area contributed by atoms with Gasteiger partial charge in [-0.15, -0.1) is 0 Å². The average Bonchev–Trinajstić information content (AvgIpc) is 2.84. The minimum atomic E-state index is -0.0999. The van der Waals surface area contributed by atoms with Gasteiger partial charge in [-0.2, -0.15) is 0 Å². The van der Waals surface area contributed by atoms with Crippen LogP contribution in [0.15, 0.2) is 35.5 Å². The van der Waals surface area contributed by atoms with Gasteiger partial charge in [0.05, 0.1) is 0 Å². The summed E-state index contributed by atoms with van der Waals surface area (Å²) in [6.07, 6.45) is 0. The molecule has 0 N–H and O–H groups in total. The molecule has 34 heavy (non-hydrogen) atoms. The summed E-state index contributed by atoms with van der Waals surface area (Å²) >= 11 is 0. The van der Waals surface area contributed by atoms with Gasteiger partial charge in [-0.1, -0.05) is 35.5 Å². The molecule has 0 atom stereocenters. The van der Waals surface area contributed by atoms with Crippen LogP contribution in [0.1, 0.15) is 77.1 Å². The van der Waals surface area contributed by atoms with Crippen molar-refractivity contribution in [3.05, 3.63) is 103 Å². The maximum absolute atomic E-state index is 13.9. The number of carbonyl (C=O) groups excluding carboxylic acids is 1. The predicted molar refractivity (Wildman–Crippen MR) is 142 cm³/mol. The number of rotatable bonds is 6. The standard InChI is InChI=1S/C31H37NO2/c1-17-19(3)23(7)28(24(8)20(17)4)16-34-32-30(27-14-12-11-13-15-27)31(33)29-25(9)21(5)18(2)22(6)26(29)10/h11-15H,16H2,1-10H3/b32-30-. The highest BCUT2D eigenvalue weighted by molar-refractivity contribution is 6.51. The van der Waals surface area contributed by atoms with Crippen molar-refractivity contribution >= 4 is 11.5 Å². The molecule has 0 radical (unpaired) electrons. The van der Waals surface area contributed by atoms with Crippen LogP contribution in [0.3, 0.4) is 0 Å². The number of carbonyl (C=O) groups is 1. The highest BCUT2D eigenvalue weighted by atomic mass is 16.6. The zero-order valence-corrected chi connectivity index (χ0v) is 22.4. The van der Waals surface area contributed by atoms with E-state index in [0.717, 1.165) is 38.9 Å². The first-order valence-electron chi connectivity index (χ1n) is 11.9.